The van der Waals surface area contributed by atoms with Crippen LogP contribution < -0.4 is 5.73 Å². The number of carbonyl (C=O) groups is 1. The van der Waals surface area contributed by atoms with Gasteiger partial charge < -0.3 is 15.0 Å². The third-order valence-corrected chi connectivity index (χ3v) is 5.58. The van der Waals surface area contributed by atoms with Crippen LogP contribution in [-0.4, -0.2) is 17.6 Å². The molecule has 4 nitrogen and oxygen atoms in total. The number of benzene rings is 3. The maximum atomic E-state index is 12.1. The Morgan fingerprint density at radius 1 is 1.04 bits per heavy atom. The number of nitrogens with two attached hydrogens (primary N) is 1. The molecule has 0 radical (unpaired) electrons. The molecular weight excluding hydrogens is 348 g/mol. The van der Waals surface area contributed by atoms with E-state index in [4.69, 9.17) is 10.5 Å². The van der Waals surface area contributed by atoms with Gasteiger partial charge in [0, 0.05) is 35.5 Å². The van der Waals surface area contributed by atoms with E-state index in [1.165, 1.54) is 16.7 Å². The Hall–Kier alpha value is -3.11. The van der Waals surface area contributed by atoms with E-state index in [-0.39, 0.29) is 0 Å². The first-order valence-corrected chi connectivity index (χ1v) is 9.39. The lowest BCUT2D eigenvalue weighted by Gasteiger charge is -2.13. The summed E-state index contributed by atoms with van der Waals surface area (Å²) in [6, 6.07) is 18.4. The van der Waals surface area contributed by atoms with Crippen molar-refractivity contribution in [3.63, 3.8) is 0 Å². The van der Waals surface area contributed by atoms with Crippen LogP contribution in [0.3, 0.4) is 0 Å². The van der Waals surface area contributed by atoms with Crippen molar-refractivity contribution >= 4 is 27.7 Å². The SMILES string of the molecule is COCc1ccc2c3c(C(N)=O)cccc3n(Cc3cccc(C)c3C)c2c1. The van der Waals surface area contributed by atoms with Crippen molar-refractivity contribution in [2.45, 2.75) is 27.0 Å². The molecule has 3 aromatic carbocycles. The summed E-state index contributed by atoms with van der Waals surface area (Å²) in [6.45, 7) is 5.56. The number of primary amides is 1. The second-order valence-electron chi connectivity index (χ2n) is 7.29. The second-order valence-corrected chi connectivity index (χ2v) is 7.29. The van der Waals surface area contributed by atoms with Crippen molar-refractivity contribution in [1.82, 2.24) is 4.57 Å². The van der Waals surface area contributed by atoms with Gasteiger partial charge in [-0.1, -0.05) is 36.4 Å². The monoisotopic (exact) mass is 372 g/mol. The van der Waals surface area contributed by atoms with Crippen LogP contribution in [0.5, 0.6) is 0 Å². The van der Waals surface area contributed by atoms with E-state index in [1.807, 2.05) is 12.1 Å². The Bertz CT molecular complexity index is 1200. The second kappa shape index (κ2) is 7.13. The third kappa shape index (κ3) is 2.96. The Kier molecular flexibility index (Phi) is 4.65. The molecule has 0 aliphatic heterocycles. The van der Waals surface area contributed by atoms with Crippen LogP contribution in [0.25, 0.3) is 21.8 Å². The highest BCUT2D eigenvalue weighted by Gasteiger charge is 2.17. The number of rotatable bonds is 5. The Morgan fingerprint density at radius 2 is 1.82 bits per heavy atom. The van der Waals surface area contributed by atoms with Crippen molar-refractivity contribution in [2.24, 2.45) is 5.73 Å². The number of hydrogen-bond donors (Lipinski definition) is 1. The number of aromatic nitrogens is 1. The lowest BCUT2D eigenvalue weighted by atomic mass is 10.0. The number of nitrogens with zero attached hydrogens (tertiary/aromatic N) is 1. The molecular formula is C24H24N2O2. The van der Waals surface area contributed by atoms with Gasteiger partial charge in [-0.15, -0.1) is 0 Å². The highest BCUT2D eigenvalue weighted by Crippen LogP contribution is 2.33. The Balaban J connectivity index is 2.04. The average molecular weight is 372 g/mol. The summed E-state index contributed by atoms with van der Waals surface area (Å²) in [5.41, 5.74) is 13.3. The molecule has 28 heavy (non-hydrogen) atoms. The predicted octanol–water partition coefficient (Wildman–Crippen LogP) is 4.70. The number of fused-ring (bicyclic) bond motifs is 3. The van der Waals surface area contributed by atoms with E-state index in [1.54, 1.807) is 13.2 Å². The summed E-state index contributed by atoms with van der Waals surface area (Å²) in [5, 5.41) is 1.95. The fourth-order valence-corrected chi connectivity index (χ4v) is 3.98. The van der Waals surface area contributed by atoms with Gasteiger partial charge in [0.1, 0.15) is 0 Å². The molecule has 0 aliphatic rings. The van der Waals surface area contributed by atoms with E-state index in [0.29, 0.717) is 12.2 Å². The standard InChI is InChI=1S/C24H24N2O2/c1-15-6-4-7-18(16(15)2)13-26-21-9-5-8-20(24(25)27)23(21)19-11-10-17(14-28-3)12-22(19)26/h4-12H,13-14H2,1-3H3,(H2,25,27). The van der Waals surface area contributed by atoms with E-state index >= 15 is 0 Å². The summed E-state index contributed by atoms with van der Waals surface area (Å²) in [7, 11) is 1.70. The van der Waals surface area contributed by atoms with Gasteiger partial charge in [-0.05, 0) is 54.3 Å². The van der Waals surface area contributed by atoms with Gasteiger partial charge in [0.2, 0.25) is 5.91 Å². The zero-order chi connectivity index (χ0) is 19.8. The maximum Gasteiger partial charge on any atom is 0.249 e. The minimum atomic E-state index is -0.405. The first-order chi connectivity index (χ1) is 13.5. The van der Waals surface area contributed by atoms with Crippen LogP contribution in [0.2, 0.25) is 0 Å². The molecule has 0 saturated heterocycles. The number of methoxy groups -OCH3 is 1. The summed E-state index contributed by atoms with van der Waals surface area (Å²) in [6.07, 6.45) is 0. The average Bonchev–Trinajstić information content (AvgIpc) is 2.99. The molecule has 0 fully saturated rings. The molecule has 2 N–H and O–H groups in total. The smallest absolute Gasteiger partial charge is 0.249 e. The van der Waals surface area contributed by atoms with E-state index < -0.39 is 5.91 Å². The van der Waals surface area contributed by atoms with Crippen LogP contribution in [0.1, 0.15) is 32.6 Å². The summed E-state index contributed by atoms with van der Waals surface area (Å²) in [4.78, 5) is 12.1. The van der Waals surface area contributed by atoms with Gasteiger partial charge in [-0.25, -0.2) is 0 Å². The molecule has 0 saturated carbocycles. The van der Waals surface area contributed by atoms with Gasteiger partial charge in [0.15, 0.2) is 0 Å². The minimum absolute atomic E-state index is 0.405. The number of ether oxygens (including phenoxy) is 1. The zero-order valence-corrected chi connectivity index (χ0v) is 16.5. The molecule has 0 aliphatic carbocycles. The van der Waals surface area contributed by atoms with E-state index in [2.05, 4.69) is 54.8 Å². The summed E-state index contributed by atoms with van der Waals surface area (Å²) >= 11 is 0. The molecule has 1 heterocycles. The van der Waals surface area contributed by atoms with Gasteiger partial charge in [0.05, 0.1) is 12.1 Å². The number of hydrogen-bond acceptors (Lipinski definition) is 2. The molecule has 0 atom stereocenters. The topological polar surface area (TPSA) is 57.2 Å². The van der Waals surface area contributed by atoms with Crippen molar-refractivity contribution in [2.75, 3.05) is 7.11 Å². The Morgan fingerprint density at radius 3 is 2.57 bits per heavy atom. The maximum absolute atomic E-state index is 12.1. The fraction of sp³-hybridized carbons (Fsp3) is 0.208. The fourth-order valence-electron chi connectivity index (χ4n) is 3.98. The number of aryl methyl sites for hydroxylation is 1. The van der Waals surface area contributed by atoms with Crippen molar-refractivity contribution in [3.05, 3.63) is 82.4 Å². The first-order valence-electron chi connectivity index (χ1n) is 9.39. The highest BCUT2D eigenvalue weighted by atomic mass is 16.5. The van der Waals surface area contributed by atoms with Gasteiger partial charge in [-0.2, -0.15) is 0 Å². The first kappa shape index (κ1) is 18.3. The summed E-state index contributed by atoms with van der Waals surface area (Å²) in [5.74, 6) is -0.405. The lowest BCUT2D eigenvalue weighted by molar-refractivity contribution is 0.100. The van der Waals surface area contributed by atoms with Gasteiger partial charge >= 0.3 is 0 Å². The predicted molar refractivity (Wildman–Crippen MR) is 114 cm³/mol. The molecule has 4 heteroatoms. The molecule has 0 unspecified atom stereocenters. The number of carbonyl (C=O) groups excluding carboxylic acids is 1. The third-order valence-electron chi connectivity index (χ3n) is 5.58. The van der Waals surface area contributed by atoms with E-state index in [0.717, 1.165) is 33.9 Å². The minimum Gasteiger partial charge on any atom is -0.380 e. The van der Waals surface area contributed by atoms with Crippen LogP contribution in [0.15, 0.2) is 54.6 Å². The largest absolute Gasteiger partial charge is 0.380 e. The van der Waals surface area contributed by atoms with Gasteiger partial charge in [-0.3, -0.25) is 4.79 Å². The molecule has 142 valence electrons. The van der Waals surface area contributed by atoms with E-state index in [9.17, 15) is 4.79 Å². The molecule has 4 aromatic rings. The molecule has 4 rings (SSSR count). The molecule has 1 aromatic heterocycles. The van der Waals surface area contributed by atoms with Crippen LogP contribution in [0, 0.1) is 13.8 Å². The number of amides is 1. The van der Waals surface area contributed by atoms with Crippen LogP contribution in [0.4, 0.5) is 0 Å². The summed E-state index contributed by atoms with van der Waals surface area (Å²) < 4.78 is 7.60. The lowest BCUT2D eigenvalue weighted by Crippen LogP contribution is -2.11. The van der Waals surface area contributed by atoms with Crippen molar-refractivity contribution in [3.8, 4) is 0 Å². The van der Waals surface area contributed by atoms with Crippen LogP contribution in [-0.2, 0) is 17.9 Å². The van der Waals surface area contributed by atoms with Crippen LogP contribution >= 0.6 is 0 Å². The normalized spacial score (nSPS) is 11.4. The quantitative estimate of drug-likeness (QED) is 0.552. The Labute approximate surface area is 164 Å². The van der Waals surface area contributed by atoms with Gasteiger partial charge in [0.25, 0.3) is 0 Å². The molecule has 1 amide bonds. The van der Waals surface area contributed by atoms with Crippen molar-refractivity contribution < 1.29 is 9.53 Å². The molecule has 0 spiro atoms. The molecule has 0 bridgehead atoms. The highest BCUT2D eigenvalue weighted by molar-refractivity contribution is 6.18. The zero-order valence-electron chi connectivity index (χ0n) is 16.5. The van der Waals surface area contributed by atoms with Crippen molar-refractivity contribution in [1.29, 1.82) is 0 Å².